The third kappa shape index (κ3) is 3.33. The Morgan fingerprint density at radius 2 is 2.47 bits per heavy atom. The zero-order valence-corrected chi connectivity index (χ0v) is 10.6. The van der Waals surface area contributed by atoms with Gasteiger partial charge in [0.15, 0.2) is 0 Å². The van der Waals surface area contributed by atoms with Crippen LogP contribution in [0.25, 0.3) is 0 Å². The molecule has 0 spiro atoms. The molecule has 0 amide bonds. The van der Waals surface area contributed by atoms with Crippen LogP contribution in [0, 0.1) is 0 Å². The van der Waals surface area contributed by atoms with E-state index in [0.29, 0.717) is 11.9 Å². The summed E-state index contributed by atoms with van der Waals surface area (Å²) in [5.41, 5.74) is 1.04. The molecule has 1 aliphatic heterocycles. The van der Waals surface area contributed by atoms with Crippen LogP contribution in [0.5, 0.6) is 5.88 Å². The van der Waals surface area contributed by atoms with Crippen molar-refractivity contribution in [2.45, 2.75) is 25.3 Å². The molecule has 1 fully saturated rings. The van der Waals surface area contributed by atoms with Gasteiger partial charge in [0.1, 0.15) is 0 Å². The van der Waals surface area contributed by atoms with Crippen LogP contribution in [-0.2, 0) is 0 Å². The van der Waals surface area contributed by atoms with E-state index in [0.717, 1.165) is 18.7 Å². The van der Waals surface area contributed by atoms with E-state index in [9.17, 15) is 0 Å². The predicted octanol–water partition coefficient (Wildman–Crippen LogP) is 1.99. The van der Waals surface area contributed by atoms with Crippen molar-refractivity contribution >= 4 is 5.69 Å². The number of nitrogens with zero attached hydrogens (tertiary/aromatic N) is 2. The quantitative estimate of drug-likeness (QED) is 0.847. The minimum absolute atomic E-state index is 0.683. The van der Waals surface area contributed by atoms with Gasteiger partial charge in [0.25, 0.3) is 0 Å². The highest BCUT2D eigenvalue weighted by Crippen LogP contribution is 2.19. The van der Waals surface area contributed by atoms with Crippen molar-refractivity contribution in [2.75, 3.05) is 32.6 Å². The second kappa shape index (κ2) is 5.87. The zero-order chi connectivity index (χ0) is 12.1. The van der Waals surface area contributed by atoms with Crippen molar-refractivity contribution in [1.29, 1.82) is 0 Å². The van der Waals surface area contributed by atoms with Crippen LogP contribution in [0.15, 0.2) is 18.3 Å². The fraction of sp³-hybridized carbons (Fsp3) is 0.615. The highest BCUT2D eigenvalue weighted by Gasteiger charge is 2.20. The van der Waals surface area contributed by atoms with Crippen LogP contribution >= 0.6 is 0 Å². The monoisotopic (exact) mass is 235 g/mol. The molecule has 0 aromatic carbocycles. The number of pyridine rings is 1. The van der Waals surface area contributed by atoms with E-state index in [1.165, 1.54) is 19.4 Å². The van der Waals surface area contributed by atoms with E-state index < -0.39 is 0 Å². The second-order valence-electron chi connectivity index (χ2n) is 4.55. The van der Waals surface area contributed by atoms with Gasteiger partial charge in [0, 0.05) is 31.0 Å². The van der Waals surface area contributed by atoms with Gasteiger partial charge in [-0.25, -0.2) is 4.98 Å². The Balaban J connectivity index is 1.77. The number of nitrogens with one attached hydrogen (secondary N) is 1. The van der Waals surface area contributed by atoms with Gasteiger partial charge in [0.05, 0.1) is 6.61 Å². The summed E-state index contributed by atoms with van der Waals surface area (Å²) >= 11 is 0. The molecule has 94 valence electrons. The molecule has 1 atom stereocenters. The number of hydrogen-bond acceptors (Lipinski definition) is 4. The lowest BCUT2D eigenvalue weighted by Crippen LogP contribution is -2.26. The molecule has 1 aliphatic rings. The molecule has 4 heteroatoms. The van der Waals surface area contributed by atoms with Crippen molar-refractivity contribution in [3.8, 4) is 5.88 Å². The van der Waals surface area contributed by atoms with Crippen LogP contribution < -0.4 is 10.1 Å². The van der Waals surface area contributed by atoms with Gasteiger partial charge in [-0.15, -0.1) is 0 Å². The maximum atomic E-state index is 5.68. The molecule has 0 aliphatic carbocycles. The first-order chi connectivity index (χ1) is 8.29. The van der Waals surface area contributed by atoms with Gasteiger partial charge in [-0.2, -0.15) is 0 Å². The van der Waals surface area contributed by atoms with Crippen molar-refractivity contribution in [1.82, 2.24) is 9.88 Å². The molecule has 2 rings (SSSR count). The van der Waals surface area contributed by atoms with E-state index in [1.54, 1.807) is 6.20 Å². The summed E-state index contributed by atoms with van der Waals surface area (Å²) in [6.07, 6.45) is 5.46. The molecule has 0 saturated carbocycles. The van der Waals surface area contributed by atoms with Crippen molar-refractivity contribution in [3.63, 3.8) is 0 Å². The maximum Gasteiger partial charge on any atom is 0.215 e. The van der Waals surface area contributed by atoms with Crippen LogP contribution in [0.3, 0.4) is 0 Å². The number of anilines is 1. The topological polar surface area (TPSA) is 37.4 Å². The van der Waals surface area contributed by atoms with Gasteiger partial charge in [-0.3, -0.25) is 0 Å². The van der Waals surface area contributed by atoms with Crippen molar-refractivity contribution < 1.29 is 4.74 Å². The van der Waals surface area contributed by atoms with E-state index in [4.69, 9.17) is 4.74 Å². The second-order valence-corrected chi connectivity index (χ2v) is 4.55. The normalized spacial score (nSPS) is 20.5. The molecule has 1 aromatic rings. The molecule has 0 bridgehead atoms. The molecule has 4 nitrogen and oxygen atoms in total. The summed E-state index contributed by atoms with van der Waals surface area (Å²) in [5.74, 6) is 0.706. The number of rotatable bonds is 5. The summed E-state index contributed by atoms with van der Waals surface area (Å²) in [6.45, 7) is 1.97. The molecule has 1 N–H and O–H groups in total. The largest absolute Gasteiger partial charge is 0.478 e. The molecule has 17 heavy (non-hydrogen) atoms. The van der Waals surface area contributed by atoms with Gasteiger partial charge in [-0.1, -0.05) is 0 Å². The molecule has 1 saturated heterocycles. The van der Waals surface area contributed by atoms with Gasteiger partial charge in [0.2, 0.25) is 5.88 Å². The van der Waals surface area contributed by atoms with Gasteiger partial charge < -0.3 is 15.0 Å². The van der Waals surface area contributed by atoms with Crippen LogP contribution in [0.4, 0.5) is 5.69 Å². The Kier molecular flexibility index (Phi) is 4.20. The first-order valence-corrected chi connectivity index (χ1v) is 6.26. The minimum Gasteiger partial charge on any atom is -0.478 e. The Labute approximate surface area is 103 Å². The summed E-state index contributed by atoms with van der Waals surface area (Å²) in [5, 5.41) is 3.08. The van der Waals surface area contributed by atoms with Crippen LogP contribution in [0.2, 0.25) is 0 Å². The third-order valence-corrected chi connectivity index (χ3v) is 3.40. The zero-order valence-electron chi connectivity index (χ0n) is 10.6. The molecule has 1 aromatic heterocycles. The number of ether oxygens (including phenoxy) is 1. The van der Waals surface area contributed by atoms with Crippen LogP contribution in [-0.4, -0.2) is 43.2 Å². The highest BCUT2D eigenvalue weighted by molar-refractivity contribution is 5.44. The maximum absolute atomic E-state index is 5.68. The first-order valence-electron chi connectivity index (χ1n) is 6.26. The summed E-state index contributed by atoms with van der Waals surface area (Å²) in [4.78, 5) is 6.61. The van der Waals surface area contributed by atoms with E-state index in [1.807, 2.05) is 19.2 Å². The van der Waals surface area contributed by atoms with Crippen molar-refractivity contribution in [3.05, 3.63) is 18.3 Å². The fourth-order valence-electron chi connectivity index (χ4n) is 2.29. The molecule has 1 unspecified atom stereocenters. The average Bonchev–Trinajstić information content (AvgIpc) is 2.76. The molecular weight excluding hydrogens is 214 g/mol. The average molecular weight is 235 g/mol. The lowest BCUT2D eigenvalue weighted by atomic mass is 10.1. The predicted molar refractivity (Wildman–Crippen MR) is 69.5 cm³/mol. The Hall–Kier alpha value is -1.29. The molecule has 2 heterocycles. The fourth-order valence-corrected chi connectivity index (χ4v) is 2.29. The minimum atomic E-state index is 0.683. The molecule has 0 radical (unpaired) electrons. The lowest BCUT2D eigenvalue weighted by Gasteiger charge is -2.19. The Morgan fingerprint density at radius 1 is 1.59 bits per heavy atom. The summed E-state index contributed by atoms with van der Waals surface area (Å²) in [7, 11) is 4.09. The van der Waals surface area contributed by atoms with Crippen LogP contribution in [0.1, 0.15) is 19.3 Å². The van der Waals surface area contributed by atoms with E-state index >= 15 is 0 Å². The standard InChI is InChI=1S/C13H21N3O/c1-14-11-5-7-15-13(10-11)17-9-6-12-4-3-8-16(12)2/h5,7,10,12H,3-4,6,8-9H2,1-2H3,(H,14,15). The number of likely N-dealkylation sites (tertiary alicyclic amines) is 1. The van der Waals surface area contributed by atoms with E-state index in [-0.39, 0.29) is 0 Å². The SMILES string of the molecule is CNc1ccnc(OCCC2CCCN2C)c1. The lowest BCUT2D eigenvalue weighted by molar-refractivity contribution is 0.228. The highest BCUT2D eigenvalue weighted by atomic mass is 16.5. The van der Waals surface area contributed by atoms with Crippen molar-refractivity contribution in [2.24, 2.45) is 0 Å². The smallest absolute Gasteiger partial charge is 0.215 e. The Morgan fingerprint density at radius 3 is 3.18 bits per heavy atom. The van der Waals surface area contributed by atoms with Gasteiger partial charge >= 0.3 is 0 Å². The third-order valence-electron chi connectivity index (χ3n) is 3.40. The Bertz CT molecular complexity index is 356. The molecular formula is C13H21N3O. The summed E-state index contributed by atoms with van der Waals surface area (Å²) in [6, 6.07) is 4.54. The van der Waals surface area contributed by atoms with Gasteiger partial charge in [-0.05, 0) is 38.9 Å². The summed E-state index contributed by atoms with van der Waals surface area (Å²) < 4.78 is 5.68. The van der Waals surface area contributed by atoms with E-state index in [2.05, 4.69) is 22.2 Å². The number of aromatic nitrogens is 1. The first kappa shape index (κ1) is 12.2. The number of hydrogen-bond donors (Lipinski definition) is 1.